The normalized spacial score (nSPS) is 12.2. The number of hydrogen-bond donors (Lipinski definition) is 1. The second-order valence-electron chi connectivity index (χ2n) is 4.38. The number of ether oxygens (including phenoxy) is 2. The standard InChI is InChI=1S/C14H17FN2O2S/c1-9(7-18-2)16-14-17-12(8-20-14)11-6-10(15)4-5-13(11)19-3/h4-6,8-9H,7H2,1-3H3,(H,16,17)/t9-/m0/s1. The van der Waals surface area contributed by atoms with Crippen molar-refractivity contribution in [1.29, 1.82) is 0 Å². The molecule has 1 atom stereocenters. The van der Waals surface area contributed by atoms with E-state index in [1.165, 1.54) is 23.5 Å². The molecule has 0 radical (unpaired) electrons. The molecule has 0 bridgehead atoms. The summed E-state index contributed by atoms with van der Waals surface area (Å²) in [5.41, 5.74) is 1.34. The average molecular weight is 296 g/mol. The zero-order valence-corrected chi connectivity index (χ0v) is 12.5. The monoisotopic (exact) mass is 296 g/mol. The third kappa shape index (κ3) is 3.46. The molecule has 6 heteroatoms. The molecule has 1 N–H and O–H groups in total. The first-order valence-corrected chi connectivity index (χ1v) is 7.07. The van der Waals surface area contributed by atoms with Gasteiger partial charge in [-0.3, -0.25) is 0 Å². The third-order valence-electron chi connectivity index (χ3n) is 2.73. The van der Waals surface area contributed by atoms with Crippen molar-refractivity contribution >= 4 is 16.5 Å². The van der Waals surface area contributed by atoms with E-state index in [2.05, 4.69) is 10.3 Å². The van der Waals surface area contributed by atoms with Crippen molar-refractivity contribution in [2.24, 2.45) is 0 Å². The van der Waals surface area contributed by atoms with E-state index >= 15 is 0 Å². The van der Waals surface area contributed by atoms with Crippen LogP contribution in [0, 0.1) is 5.82 Å². The predicted octanol–water partition coefficient (Wildman–Crippen LogP) is 3.40. The van der Waals surface area contributed by atoms with Gasteiger partial charge in [0.25, 0.3) is 0 Å². The molecule has 0 aliphatic heterocycles. The molecule has 1 aromatic heterocycles. The van der Waals surface area contributed by atoms with E-state index in [4.69, 9.17) is 9.47 Å². The molecule has 0 spiro atoms. The van der Waals surface area contributed by atoms with Crippen molar-refractivity contribution in [3.63, 3.8) is 0 Å². The SMILES string of the molecule is COC[C@H](C)Nc1nc(-c2cc(F)ccc2OC)cs1. The fourth-order valence-electron chi connectivity index (χ4n) is 1.85. The largest absolute Gasteiger partial charge is 0.496 e. The van der Waals surface area contributed by atoms with E-state index in [9.17, 15) is 4.39 Å². The lowest BCUT2D eigenvalue weighted by atomic mass is 10.1. The average Bonchev–Trinajstić information content (AvgIpc) is 2.87. The van der Waals surface area contributed by atoms with Crippen molar-refractivity contribution in [2.75, 3.05) is 26.1 Å². The molecule has 1 aromatic carbocycles. The number of nitrogens with zero attached hydrogens (tertiary/aromatic N) is 1. The number of rotatable bonds is 6. The van der Waals surface area contributed by atoms with Gasteiger partial charge >= 0.3 is 0 Å². The molecule has 2 aromatic rings. The zero-order valence-electron chi connectivity index (χ0n) is 11.6. The van der Waals surface area contributed by atoms with Crippen LogP contribution in [-0.4, -0.2) is 31.9 Å². The van der Waals surface area contributed by atoms with Crippen molar-refractivity contribution in [3.8, 4) is 17.0 Å². The Morgan fingerprint density at radius 3 is 2.90 bits per heavy atom. The second-order valence-corrected chi connectivity index (χ2v) is 5.24. The number of methoxy groups -OCH3 is 2. The maximum absolute atomic E-state index is 13.4. The number of hydrogen-bond acceptors (Lipinski definition) is 5. The highest BCUT2D eigenvalue weighted by atomic mass is 32.1. The Balaban J connectivity index is 2.22. The molecule has 2 rings (SSSR count). The molecule has 20 heavy (non-hydrogen) atoms. The number of anilines is 1. The highest BCUT2D eigenvalue weighted by Crippen LogP contribution is 2.32. The molecule has 0 fully saturated rings. The summed E-state index contributed by atoms with van der Waals surface area (Å²) < 4.78 is 23.7. The van der Waals surface area contributed by atoms with Gasteiger partial charge in [0.2, 0.25) is 0 Å². The summed E-state index contributed by atoms with van der Waals surface area (Å²) in [6, 6.07) is 4.56. The molecule has 108 valence electrons. The van der Waals surface area contributed by atoms with Crippen LogP contribution in [-0.2, 0) is 4.74 Å². The molecule has 0 amide bonds. The van der Waals surface area contributed by atoms with E-state index in [1.807, 2.05) is 12.3 Å². The number of aromatic nitrogens is 1. The van der Waals surface area contributed by atoms with Crippen LogP contribution in [0.2, 0.25) is 0 Å². The topological polar surface area (TPSA) is 43.4 Å². The van der Waals surface area contributed by atoms with E-state index < -0.39 is 0 Å². The molecule has 0 unspecified atom stereocenters. The Bertz CT molecular complexity index is 574. The summed E-state index contributed by atoms with van der Waals surface area (Å²) in [4.78, 5) is 4.46. The maximum Gasteiger partial charge on any atom is 0.183 e. The van der Waals surface area contributed by atoms with Gasteiger partial charge in [-0.05, 0) is 25.1 Å². The van der Waals surface area contributed by atoms with Crippen LogP contribution < -0.4 is 10.1 Å². The van der Waals surface area contributed by atoms with Crippen LogP contribution in [0.4, 0.5) is 9.52 Å². The Morgan fingerprint density at radius 2 is 2.20 bits per heavy atom. The fraction of sp³-hybridized carbons (Fsp3) is 0.357. The highest BCUT2D eigenvalue weighted by molar-refractivity contribution is 7.14. The molecule has 4 nitrogen and oxygen atoms in total. The van der Waals surface area contributed by atoms with Gasteiger partial charge in [0.15, 0.2) is 5.13 Å². The fourth-order valence-corrected chi connectivity index (χ4v) is 2.67. The first-order valence-electron chi connectivity index (χ1n) is 6.19. The van der Waals surface area contributed by atoms with Gasteiger partial charge in [-0.15, -0.1) is 11.3 Å². The Hall–Kier alpha value is -1.66. The number of halogens is 1. The number of nitrogens with one attached hydrogen (secondary N) is 1. The lowest BCUT2D eigenvalue weighted by Gasteiger charge is -2.11. The van der Waals surface area contributed by atoms with Gasteiger partial charge in [-0.2, -0.15) is 0 Å². The highest BCUT2D eigenvalue weighted by Gasteiger charge is 2.12. The molecule has 0 aliphatic rings. The second kappa shape index (κ2) is 6.67. The summed E-state index contributed by atoms with van der Waals surface area (Å²) in [6.07, 6.45) is 0. The van der Waals surface area contributed by atoms with Crippen LogP contribution in [0.1, 0.15) is 6.92 Å². The number of thiazole rings is 1. The molecular formula is C14H17FN2O2S. The van der Waals surface area contributed by atoms with Gasteiger partial charge in [0, 0.05) is 24.1 Å². The van der Waals surface area contributed by atoms with Gasteiger partial charge < -0.3 is 14.8 Å². The third-order valence-corrected chi connectivity index (χ3v) is 3.50. The van der Waals surface area contributed by atoms with Gasteiger partial charge in [0.05, 0.1) is 19.4 Å². The summed E-state index contributed by atoms with van der Waals surface area (Å²) in [5.74, 6) is 0.296. The van der Waals surface area contributed by atoms with E-state index in [-0.39, 0.29) is 11.9 Å². The lowest BCUT2D eigenvalue weighted by molar-refractivity contribution is 0.190. The zero-order chi connectivity index (χ0) is 14.5. The van der Waals surface area contributed by atoms with E-state index in [0.717, 1.165) is 5.13 Å². The molecule has 0 saturated heterocycles. The summed E-state index contributed by atoms with van der Waals surface area (Å²) in [7, 11) is 3.21. The lowest BCUT2D eigenvalue weighted by Crippen LogP contribution is -2.20. The van der Waals surface area contributed by atoms with Crippen LogP contribution in [0.15, 0.2) is 23.6 Å². The Morgan fingerprint density at radius 1 is 1.40 bits per heavy atom. The molecular weight excluding hydrogens is 279 g/mol. The summed E-state index contributed by atoms with van der Waals surface area (Å²) in [6.45, 7) is 2.60. The molecule has 0 saturated carbocycles. The Labute approximate surface area is 121 Å². The minimum Gasteiger partial charge on any atom is -0.496 e. The Kier molecular flexibility index (Phi) is 4.92. The number of benzene rings is 1. The smallest absolute Gasteiger partial charge is 0.183 e. The predicted molar refractivity (Wildman–Crippen MR) is 79.0 cm³/mol. The van der Waals surface area contributed by atoms with Gasteiger partial charge in [-0.1, -0.05) is 0 Å². The van der Waals surface area contributed by atoms with Gasteiger partial charge in [-0.25, -0.2) is 9.37 Å². The first kappa shape index (κ1) is 14.7. The van der Waals surface area contributed by atoms with Crippen LogP contribution in [0.5, 0.6) is 5.75 Å². The van der Waals surface area contributed by atoms with Crippen molar-refractivity contribution < 1.29 is 13.9 Å². The summed E-state index contributed by atoms with van der Waals surface area (Å²) >= 11 is 1.47. The van der Waals surface area contributed by atoms with E-state index in [0.29, 0.717) is 23.6 Å². The van der Waals surface area contributed by atoms with Crippen molar-refractivity contribution in [2.45, 2.75) is 13.0 Å². The maximum atomic E-state index is 13.4. The molecule has 0 aliphatic carbocycles. The minimum atomic E-state index is -0.309. The van der Waals surface area contributed by atoms with Crippen molar-refractivity contribution in [1.82, 2.24) is 4.98 Å². The van der Waals surface area contributed by atoms with Crippen LogP contribution in [0.3, 0.4) is 0 Å². The quantitative estimate of drug-likeness (QED) is 0.887. The van der Waals surface area contributed by atoms with E-state index in [1.54, 1.807) is 20.3 Å². The van der Waals surface area contributed by atoms with Crippen LogP contribution >= 0.6 is 11.3 Å². The van der Waals surface area contributed by atoms with Crippen LogP contribution in [0.25, 0.3) is 11.3 Å². The molecule has 1 heterocycles. The summed E-state index contributed by atoms with van der Waals surface area (Å²) in [5, 5.41) is 5.88. The van der Waals surface area contributed by atoms with Gasteiger partial charge in [0.1, 0.15) is 11.6 Å². The minimum absolute atomic E-state index is 0.161. The van der Waals surface area contributed by atoms with Crippen molar-refractivity contribution in [3.05, 3.63) is 29.4 Å². The first-order chi connectivity index (χ1) is 9.63.